The van der Waals surface area contributed by atoms with Crippen molar-refractivity contribution in [2.24, 2.45) is 0 Å². The topological polar surface area (TPSA) is 93.4 Å². The molecule has 6 nitrogen and oxygen atoms in total. The average Bonchev–Trinajstić information content (AvgIpc) is 2.58. The molecule has 2 rings (SSSR count). The van der Waals surface area contributed by atoms with Crippen molar-refractivity contribution < 1.29 is 0 Å². The summed E-state index contributed by atoms with van der Waals surface area (Å²) in [5.74, 6) is 0.989. The van der Waals surface area contributed by atoms with Gasteiger partial charge in [-0.05, 0) is 34.6 Å². The molecule has 0 bridgehead atoms. The molecule has 78 valence electrons. The molecular formula is C7H7BrN6S. The summed E-state index contributed by atoms with van der Waals surface area (Å²) in [7, 11) is 0. The quantitative estimate of drug-likeness (QED) is 0.811. The van der Waals surface area contributed by atoms with Crippen LogP contribution in [0, 0.1) is 6.92 Å². The molecule has 0 radical (unpaired) electrons. The number of hydrogen-bond acceptors (Lipinski definition) is 6. The van der Waals surface area contributed by atoms with Crippen molar-refractivity contribution in [2.45, 2.75) is 17.1 Å². The van der Waals surface area contributed by atoms with Gasteiger partial charge < -0.3 is 5.73 Å². The summed E-state index contributed by atoms with van der Waals surface area (Å²) in [6, 6.07) is 0. The van der Waals surface area contributed by atoms with E-state index >= 15 is 0 Å². The highest BCUT2D eigenvalue weighted by Gasteiger charge is 2.08. The molecule has 0 amide bonds. The molecule has 8 heteroatoms. The third kappa shape index (κ3) is 2.45. The van der Waals surface area contributed by atoms with Crippen molar-refractivity contribution in [1.29, 1.82) is 0 Å². The van der Waals surface area contributed by atoms with Crippen LogP contribution >= 0.6 is 27.7 Å². The van der Waals surface area contributed by atoms with Crippen molar-refractivity contribution in [2.75, 3.05) is 5.73 Å². The van der Waals surface area contributed by atoms with Crippen LogP contribution in [0.4, 0.5) is 5.95 Å². The van der Waals surface area contributed by atoms with Crippen molar-refractivity contribution in [1.82, 2.24) is 25.1 Å². The first-order valence-corrected chi connectivity index (χ1v) is 5.61. The molecule has 0 atom stereocenters. The number of halogens is 1. The lowest BCUT2D eigenvalue weighted by atomic mass is 10.7. The molecule has 0 saturated carbocycles. The van der Waals surface area contributed by atoms with Crippen LogP contribution in [0.15, 0.2) is 20.9 Å². The van der Waals surface area contributed by atoms with E-state index in [-0.39, 0.29) is 5.95 Å². The number of nitrogens with two attached hydrogens (primary N) is 1. The van der Waals surface area contributed by atoms with Gasteiger partial charge in [0.1, 0.15) is 10.9 Å². The Hall–Kier alpha value is -1.15. The number of nitrogen functional groups attached to an aromatic ring is 1. The molecule has 15 heavy (non-hydrogen) atoms. The molecule has 0 fully saturated rings. The lowest BCUT2D eigenvalue weighted by Crippen LogP contribution is -1.95. The molecule has 3 N–H and O–H groups in total. The summed E-state index contributed by atoms with van der Waals surface area (Å²) >= 11 is 4.65. The number of aryl methyl sites for hydroxylation is 1. The molecule has 0 spiro atoms. The fraction of sp³-hybridized carbons (Fsp3) is 0.143. The minimum atomic E-state index is 0.230. The number of rotatable bonds is 2. The van der Waals surface area contributed by atoms with Gasteiger partial charge in [0.25, 0.3) is 0 Å². The van der Waals surface area contributed by atoms with E-state index in [2.05, 4.69) is 41.1 Å². The Kier molecular flexibility index (Phi) is 2.87. The van der Waals surface area contributed by atoms with Crippen molar-refractivity contribution in [3.63, 3.8) is 0 Å². The Balaban J connectivity index is 2.27. The molecular weight excluding hydrogens is 280 g/mol. The Morgan fingerprint density at radius 1 is 1.47 bits per heavy atom. The molecule has 2 heterocycles. The minimum Gasteiger partial charge on any atom is -0.368 e. The smallest absolute Gasteiger partial charge is 0.221 e. The largest absolute Gasteiger partial charge is 0.368 e. The fourth-order valence-electron chi connectivity index (χ4n) is 0.890. The van der Waals surface area contributed by atoms with Gasteiger partial charge in [0.05, 0.1) is 4.47 Å². The predicted molar refractivity (Wildman–Crippen MR) is 59.4 cm³/mol. The molecule has 0 aliphatic heterocycles. The van der Waals surface area contributed by atoms with Gasteiger partial charge in [-0.3, -0.25) is 5.10 Å². The van der Waals surface area contributed by atoms with E-state index in [0.717, 1.165) is 10.3 Å². The van der Waals surface area contributed by atoms with E-state index in [1.54, 1.807) is 6.20 Å². The number of anilines is 1. The highest BCUT2D eigenvalue weighted by Crippen LogP contribution is 2.29. The number of aromatic amines is 1. The van der Waals surface area contributed by atoms with Gasteiger partial charge in [-0.15, -0.1) is 5.10 Å². The summed E-state index contributed by atoms with van der Waals surface area (Å²) in [4.78, 5) is 12.1. The van der Waals surface area contributed by atoms with Crippen LogP contribution in [0.3, 0.4) is 0 Å². The fourth-order valence-corrected chi connectivity index (χ4v) is 2.06. The first-order valence-electron chi connectivity index (χ1n) is 4.00. The van der Waals surface area contributed by atoms with Crippen molar-refractivity contribution in [3.05, 3.63) is 16.5 Å². The number of nitrogens with zero attached hydrogens (tertiary/aromatic N) is 4. The van der Waals surface area contributed by atoms with Crippen LogP contribution in [0.5, 0.6) is 0 Å². The molecule has 0 aliphatic carbocycles. The van der Waals surface area contributed by atoms with E-state index in [9.17, 15) is 0 Å². The number of aromatic nitrogens is 5. The maximum atomic E-state index is 5.48. The van der Waals surface area contributed by atoms with Crippen LogP contribution < -0.4 is 5.73 Å². The van der Waals surface area contributed by atoms with Crippen LogP contribution in [0.25, 0.3) is 0 Å². The monoisotopic (exact) mass is 286 g/mol. The van der Waals surface area contributed by atoms with Gasteiger partial charge in [0, 0.05) is 6.20 Å². The first-order chi connectivity index (χ1) is 7.15. The zero-order chi connectivity index (χ0) is 10.8. The zero-order valence-corrected chi connectivity index (χ0v) is 10.1. The van der Waals surface area contributed by atoms with Gasteiger partial charge in [-0.2, -0.15) is 0 Å². The average molecular weight is 287 g/mol. The Morgan fingerprint density at radius 2 is 2.27 bits per heavy atom. The number of nitrogens with one attached hydrogen (secondary N) is 1. The van der Waals surface area contributed by atoms with Crippen molar-refractivity contribution in [3.8, 4) is 0 Å². The molecule has 2 aromatic heterocycles. The summed E-state index contributed by atoms with van der Waals surface area (Å²) in [5.41, 5.74) is 5.48. The van der Waals surface area contributed by atoms with E-state index in [0.29, 0.717) is 10.2 Å². The number of H-pyrrole nitrogens is 1. The van der Waals surface area contributed by atoms with Crippen LogP contribution in [-0.2, 0) is 0 Å². The van der Waals surface area contributed by atoms with Gasteiger partial charge >= 0.3 is 0 Å². The molecule has 0 unspecified atom stereocenters. The summed E-state index contributed by atoms with van der Waals surface area (Å²) < 4.78 is 0.768. The second-order valence-corrected chi connectivity index (χ2v) is 4.50. The van der Waals surface area contributed by atoms with Crippen LogP contribution in [0.1, 0.15) is 5.82 Å². The van der Waals surface area contributed by atoms with Crippen LogP contribution in [-0.4, -0.2) is 25.1 Å². The minimum absolute atomic E-state index is 0.230. The maximum Gasteiger partial charge on any atom is 0.221 e. The number of hydrogen-bond donors (Lipinski definition) is 2. The van der Waals surface area contributed by atoms with Crippen molar-refractivity contribution >= 4 is 33.6 Å². The SMILES string of the molecule is Cc1nc(Sc2nc(N)ncc2Br)n[nH]1. The molecule has 0 aromatic carbocycles. The Morgan fingerprint density at radius 3 is 2.93 bits per heavy atom. The lowest BCUT2D eigenvalue weighted by molar-refractivity contribution is 0.959. The van der Waals surface area contributed by atoms with Gasteiger partial charge in [-0.25, -0.2) is 15.0 Å². The highest BCUT2D eigenvalue weighted by atomic mass is 79.9. The highest BCUT2D eigenvalue weighted by molar-refractivity contribution is 9.10. The Labute approximate surface area is 98.2 Å². The normalized spacial score (nSPS) is 10.5. The molecule has 2 aromatic rings. The van der Waals surface area contributed by atoms with Gasteiger partial charge in [-0.1, -0.05) is 0 Å². The summed E-state index contributed by atoms with van der Waals surface area (Å²) in [5, 5.41) is 8.04. The van der Waals surface area contributed by atoms with Gasteiger partial charge in [0.2, 0.25) is 11.1 Å². The summed E-state index contributed by atoms with van der Waals surface area (Å²) in [6.45, 7) is 1.83. The third-order valence-corrected chi connectivity index (χ3v) is 3.21. The first kappa shape index (κ1) is 10.4. The molecule has 0 aliphatic rings. The second-order valence-electron chi connectivity index (χ2n) is 2.69. The van der Waals surface area contributed by atoms with E-state index in [1.165, 1.54) is 11.8 Å². The Bertz CT molecular complexity index is 484. The second kappa shape index (κ2) is 4.15. The third-order valence-electron chi connectivity index (χ3n) is 1.50. The van der Waals surface area contributed by atoms with E-state index in [4.69, 9.17) is 5.73 Å². The van der Waals surface area contributed by atoms with Crippen LogP contribution in [0.2, 0.25) is 0 Å². The van der Waals surface area contributed by atoms with Gasteiger partial charge in [0.15, 0.2) is 0 Å². The van der Waals surface area contributed by atoms with E-state index < -0.39 is 0 Å². The lowest BCUT2D eigenvalue weighted by Gasteiger charge is -1.99. The standard InChI is InChI=1S/C7H7BrN6S/c1-3-11-7(14-13-3)15-5-4(8)2-10-6(9)12-5/h2H,1H3,(H2,9,10,12)(H,11,13,14). The molecule has 0 saturated heterocycles. The van der Waals surface area contributed by atoms with E-state index in [1.807, 2.05) is 6.92 Å². The predicted octanol–water partition coefficient (Wildman–Crippen LogP) is 1.40. The summed E-state index contributed by atoms with van der Waals surface area (Å²) in [6.07, 6.45) is 1.60. The zero-order valence-electron chi connectivity index (χ0n) is 7.73. The maximum absolute atomic E-state index is 5.48.